The quantitative estimate of drug-likeness (QED) is 0.657. The largest absolute Gasteiger partial charge is 0.461 e. The predicted molar refractivity (Wildman–Crippen MR) is 113 cm³/mol. The van der Waals surface area contributed by atoms with Crippen LogP contribution in [0.5, 0.6) is 0 Å². The minimum absolute atomic E-state index is 0.107. The van der Waals surface area contributed by atoms with Crippen molar-refractivity contribution in [1.82, 2.24) is 9.46 Å². The molecule has 0 radical (unpaired) electrons. The van der Waals surface area contributed by atoms with Crippen molar-refractivity contribution < 1.29 is 27.3 Å². The van der Waals surface area contributed by atoms with Crippen molar-refractivity contribution in [2.24, 2.45) is 34.8 Å². The highest BCUT2D eigenvalue weighted by atomic mass is 32.2. The fourth-order valence-corrected chi connectivity index (χ4v) is 8.83. The van der Waals surface area contributed by atoms with E-state index in [1.165, 1.54) is 4.31 Å². The highest BCUT2D eigenvalue weighted by Gasteiger charge is 2.62. The summed E-state index contributed by atoms with van der Waals surface area (Å²) in [6, 6.07) is 0. The van der Waals surface area contributed by atoms with Gasteiger partial charge in [0.2, 0.25) is 15.9 Å². The zero-order valence-electron chi connectivity index (χ0n) is 18.6. The Labute approximate surface area is 188 Å². The summed E-state index contributed by atoms with van der Waals surface area (Å²) in [5.41, 5.74) is 5.47. The maximum Gasteiger partial charge on any atom is 0.309 e. The van der Waals surface area contributed by atoms with Gasteiger partial charge < -0.3 is 15.0 Å². The molecule has 32 heavy (non-hydrogen) atoms. The summed E-state index contributed by atoms with van der Waals surface area (Å²) >= 11 is 0. The second kappa shape index (κ2) is 7.55. The average molecular weight is 466 g/mol. The summed E-state index contributed by atoms with van der Waals surface area (Å²) in [5, 5.41) is 3.75. The highest BCUT2D eigenvalue weighted by molar-refractivity contribution is 7.89. The summed E-state index contributed by atoms with van der Waals surface area (Å²) < 4.78 is 38.5. The van der Waals surface area contributed by atoms with E-state index in [0.717, 1.165) is 32.1 Å². The first-order valence-corrected chi connectivity index (χ1v) is 13.0. The smallest absolute Gasteiger partial charge is 0.309 e. The lowest BCUT2D eigenvalue weighted by atomic mass is 9.48. The number of aryl methyl sites for hydroxylation is 2. The Hall–Kier alpha value is -1.94. The first-order chi connectivity index (χ1) is 15.1. The first kappa shape index (κ1) is 21.9. The molecule has 1 aliphatic heterocycles. The Kier molecular flexibility index (Phi) is 5.16. The first-order valence-electron chi connectivity index (χ1n) is 11.5. The van der Waals surface area contributed by atoms with Gasteiger partial charge in [0.25, 0.3) is 0 Å². The number of carbonyl (C=O) groups is 2. The molecule has 2 N–H and O–H groups in total. The van der Waals surface area contributed by atoms with E-state index in [0.29, 0.717) is 30.4 Å². The van der Waals surface area contributed by atoms with E-state index in [1.54, 1.807) is 13.8 Å². The van der Waals surface area contributed by atoms with Gasteiger partial charge in [-0.25, -0.2) is 8.42 Å². The normalized spacial score (nSPS) is 35.2. The summed E-state index contributed by atoms with van der Waals surface area (Å²) in [7, 11) is -3.73. The molecule has 0 spiro atoms. The van der Waals surface area contributed by atoms with E-state index < -0.39 is 21.5 Å². The number of amides is 1. The van der Waals surface area contributed by atoms with Crippen LogP contribution in [-0.2, 0) is 24.3 Å². The molecular formula is C22H31N3O6S. The lowest BCUT2D eigenvalue weighted by Crippen LogP contribution is -2.62. The lowest BCUT2D eigenvalue weighted by Gasteiger charge is -2.58. The summed E-state index contributed by atoms with van der Waals surface area (Å²) in [6.45, 7) is 3.64. The molecule has 5 fully saturated rings. The molecule has 10 heteroatoms. The van der Waals surface area contributed by atoms with Crippen molar-refractivity contribution in [1.29, 1.82) is 0 Å². The van der Waals surface area contributed by atoms with Crippen LogP contribution in [0, 0.1) is 42.9 Å². The Morgan fingerprint density at radius 2 is 1.75 bits per heavy atom. The Balaban J connectivity index is 1.26. The lowest BCUT2D eigenvalue weighted by molar-refractivity contribution is -0.199. The van der Waals surface area contributed by atoms with Gasteiger partial charge in [-0.15, -0.1) is 0 Å². The minimum Gasteiger partial charge on any atom is -0.461 e. The van der Waals surface area contributed by atoms with Crippen LogP contribution in [0.3, 0.4) is 0 Å². The van der Waals surface area contributed by atoms with Crippen molar-refractivity contribution in [3.05, 3.63) is 11.5 Å². The van der Waals surface area contributed by atoms with Gasteiger partial charge in [0.05, 0.1) is 11.3 Å². The predicted octanol–water partition coefficient (Wildman–Crippen LogP) is 1.92. The number of rotatable bonds is 5. The van der Waals surface area contributed by atoms with Gasteiger partial charge in [0.1, 0.15) is 16.7 Å². The second-order valence-electron chi connectivity index (χ2n) is 10.3. The molecule has 2 heterocycles. The van der Waals surface area contributed by atoms with Gasteiger partial charge in [0.15, 0.2) is 5.76 Å². The number of nitrogens with zero attached hydrogens (tertiary/aromatic N) is 2. The third-order valence-electron chi connectivity index (χ3n) is 8.30. The van der Waals surface area contributed by atoms with E-state index in [2.05, 4.69) is 5.16 Å². The van der Waals surface area contributed by atoms with E-state index in [-0.39, 0.29) is 47.5 Å². The number of aromatic nitrogens is 1. The number of ether oxygens (including phenoxy) is 1. The standard InChI is InChI=1S/C22H31N3O6S/c1-12-18(13(2)31-24-12)32(28,29)25-5-3-16(4-6-25)20(26)30-19-17-8-14-7-15(9-17)11-22(19,10-14)21(23)27/h14-17,19H,3-11H2,1-2H3,(H2,23,27). The molecule has 1 saturated heterocycles. The number of esters is 1. The molecule has 4 saturated carbocycles. The molecule has 4 aliphatic carbocycles. The summed E-state index contributed by atoms with van der Waals surface area (Å²) in [6.07, 6.45) is 4.92. The van der Waals surface area contributed by atoms with Gasteiger partial charge in [-0.2, -0.15) is 4.31 Å². The topological polar surface area (TPSA) is 133 Å². The molecule has 3 unspecified atom stereocenters. The van der Waals surface area contributed by atoms with Crippen LogP contribution in [0.1, 0.15) is 56.4 Å². The van der Waals surface area contributed by atoms with Crippen molar-refractivity contribution in [2.75, 3.05) is 13.1 Å². The molecule has 0 aromatic carbocycles. The van der Waals surface area contributed by atoms with E-state index in [1.807, 2.05) is 0 Å². The van der Waals surface area contributed by atoms with Crippen molar-refractivity contribution in [3.63, 3.8) is 0 Å². The second-order valence-corrected chi connectivity index (χ2v) is 12.2. The molecule has 176 valence electrons. The van der Waals surface area contributed by atoms with Crippen LogP contribution in [0.15, 0.2) is 9.42 Å². The van der Waals surface area contributed by atoms with E-state index in [9.17, 15) is 18.0 Å². The number of piperidine rings is 1. The molecule has 1 aromatic rings. The molecule has 1 amide bonds. The van der Waals surface area contributed by atoms with E-state index >= 15 is 0 Å². The van der Waals surface area contributed by atoms with Crippen LogP contribution in [0.25, 0.3) is 0 Å². The van der Waals surface area contributed by atoms with Crippen LogP contribution >= 0.6 is 0 Å². The van der Waals surface area contributed by atoms with Gasteiger partial charge in [-0.05, 0) is 76.5 Å². The Bertz CT molecular complexity index is 1010. The van der Waals surface area contributed by atoms with E-state index in [4.69, 9.17) is 15.0 Å². The monoisotopic (exact) mass is 465 g/mol. The number of carbonyl (C=O) groups excluding carboxylic acids is 2. The fraction of sp³-hybridized carbons (Fsp3) is 0.773. The molecule has 1 aromatic heterocycles. The van der Waals surface area contributed by atoms with Gasteiger partial charge in [-0.1, -0.05) is 5.16 Å². The Morgan fingerprint density at radius 3 is 2.28 bits per heavy atom. The van der Waals surface area contributed by atoms with Gasteiger partial charge >= 0.3 is 5.97 Å². The number of hydrogen-bond acceptors (Lipinski definition) is 7. The third-order valence-corrected chi connectivity index (χ3v) is 10.4. The van der Waals surface area contributed by atoms with Crippen LogP contribution in [-0.4, -0.2) is 48.9 Å². The minimum atomic E-state index is -3.73. The average Bonchev–Trinajstić information content (AvgIpc) is 3.08. The summed E-state index contributed by atoms with van der Waals surface area (Å²) in [5.74, 6) is 0.446. The molecule has 9 nitrogen and oxygen atoms in total. The number of sulfonamides is 1. The maximum atomic E-state index is 13.1. The van der Waals surface area contributed by atoms with Crippen LogP contribution < -0.4 is 5.73 Å². The number of primary amides is 1. The molecule has 6 rings (SSSR count). The SMILES string of the molecule is Cc1noc(C)c1S(=O)(=O)N1CCC(C(=O)OC2C3CC4CC(C3)CC2(C(N)=O)C4)CC1. The van der Waals surface area contributed by atoms with Crippen molar-refractivity contribution in [3.8, 4) is 0 Å². The number of nitrogens with two attached hydrogens (primary N) is 1. The van der Waals surface area contributed by atoms with Crippen LogP contribution in [0.4, 0.5) is 0 Å². The van der Waals surface area contributed by atoms with Gasteiger partial charge in [0, 0.05) is 13.1 Å². The zero-order valence-corrected chi connectivity index (χ0v) is 19.4. The number of hydrogen-bond donors (Lipinski definition) is 1. The summed E-state index contributed by atoms with van der Waals surface area (Å²) in [4.78, 5) is 25.7. The fourth-order valence-electron chi connectivity index (χ4n) is 7.07. The maximum absolute atomic E-state index is 13.1. The zero-order chi connectivity index (χ0) is 22.8. The van der Waals surface area contributed by atoms with Crippen molar-refractivity contribution in [2.45, 2.75) is 69.8 Å². The third kappa shape index (κ3) is 3.29. The molecular weight excluding hydrogens is 434 g/mol. The van der Waals surface area contributed by atoms with Crippen LogP contribution in [0.2, 0.25) is 0 Å². The molecule has 3 atom stereocenters. The van der Waals surface area contributed by atoms with Gasteiger partial charge in [-0.3, -0.25) is 9.59 Å². The Morgan fingerprint density at radius 1 is 1.12 bits per heavy atom. The van der Waals surface area contributed by atoms with Crippen molar-refractivity contribution >= 4 is 21.9 Å². The highest BCUT2D eigenvalue weighted by Crippen LogP contribution is 2.61. The molecule has 5 aliphatic rings. The molecule has 4 bridgehead atoms.